The molecule has 1 N–H and O–H groups in total. The lowest BCUT2D eigenvalue weighted by Crippen LogP contribution is -2.37. The molecule has 160 valence electrons. The molecule has 0 unspecified atom stereocenters. The number of nitrogens with zero attached hydrogens (tertiary/aromatic N) is 3. The van der Waals surface area contributed by atoms with Gasteiger partial charge in [-0.1, -0.05) is 42.8 Å². The Morgan fingerprint density at radius 1 is 1.19 bits per heavy atom. The fourth-order valence-electron chi connectivity index (χ4n) is 3.91. The average molecular weight is 437 g/mol. The topological polar surface area (TPSA) is 67.2 Å². The quantitative estimate of drug-likeness (QED) is 0.637. The summed E-state index contributed by atoms with van der Waals surface area (Å²) in [7, 11) is 1.89. The third kappa shape index (κ3) is 4.49. The standard InChI is InChI=1S/C24H25ClN4O2/c1-3-16-4-10-20(11-5-16)29-15-18(14-21(29)30)24(31)27-22(23-26-12-13-28(23)2)17-6-8-19(25)9-7-17/h4-13,18,22H,3,14-15H2,1-2H3,(H,27,31)/t18-,22+/m1/s1. The van der Waals surface area contributed by atoms with Gasteiger partial charge in [-0.15, -0.1) is 0 Å². The predicted molar refractivity (Wildman–Crippen MR) is 121 cm³/mol. The van der Waals surface area contributed by atoms with E-state index in [9.17, 15) is 9.59 Å². The first kappa shape index (κ1) is 21.1. The number of anilines is 1. The van der Waals surface area contributed by atoms with Crippen molar-refractivity contribution in [3.05, 3.63) is 82.9 Å². The molecule has 1 aliphatic rings. The zero-order valence-electron chi connectivity index (χ0n) is 17.6. The second-order valence-electron chi connectivity index (χ2n) is 7.81. The van der Waals surface area contributed by atoms with Crippen molar-refractivity contribution in [3.63, 3.8) is 0 Å². The SMILES string of the molecule is CCc1ccc(N2C[C@H](C(=O)N[C@@H](c3ccc(Cl)cc3)c3nccn3C)CC2=O)cc1. The number of aromatic nitrogens is 2. The molecule has 0 bridgehead atoms. The van der Waals surface area contributed by atoms with Crippen LogP contribution in [0.4, 0.5) is 5.69 Å². The number of imidazole rings is 1. The lowest BCUT2D eigenvalue weighted by molar-refractivity contribution is -0.126. The van der Waals surface area contributed by atoms with Gasteiger partial charge in [0.1, 0.15) is 11.9 Å². The highest BCUT2D eigenvalue weighted by atomic mass is 35.5. The Morgan fingerprint density at radius 2 is 1.90 bits per heavy atom. The van der Waals surface area contributed by atoms with Crippen molar-refractivity contribution >= 4 is 29.1 Å². The van der Waals surface area contributed by atoms with Gasteiger partial charge in [0.25, 0.3) is 0 Å². The Kier molecular flexibility index (Phi) is 6.09. The van der Waals surface area contributed by atoms with Gasteiger partial charge in [-0.2, -0.15) is 0 Å². The number of aryl methyl sites for hydroxylation is 2. The summed E-state index contributed by atoms with van der Waals surface area (Å²) in [5, 5.41) is 3.73. The second kappa shape index (κ2) is 8.94. The van der Waals surface area contributed by atoms with E-state index in [4.69, 9.17) is 11.6 Å². The van der Waals surface area contributed by atoms with Crippen LogP contribution in [0.5, 0.6) is 0 Å². The van der Waals surface area contributed by atoms with Crippen molar-refractivity contribution < 1.29 is 9.59 Å². The highest BCUT2D eigenvalue weighted by Gasteiger charge is 2.36. The van der Waals surface area contributed by atoms with E-state index in [1.165, 1.54) is 5.56 Å². The Labute approximate surface area is 186 Å². The molecular formula is C24H25ClN4O2. The van der Waals surface area contributed by atoms with Gasteiger partial charge >= 0.3 is 0 Å². The van der Waals surface area contributed by atoms with Crippen LogP contribution >= 0.6 is 11.6 Å². The highest BCUT2D eigenvalue weighted by molar-refractivity contribution is 6.30. The monoisotopic (exact) mass is 436 g/mol. The zero-order valence-corrected chi connectivity index (χ0v) is 18.3. The van der Waals surface area contributed by atoms with Crippen LogP contribution in [0.1, 0.15) is 36.3 Å². The molecule has 2 atom stereocenters. The van der Waals surface area contributed by atoms with Gasteiger partial charge in [-0.25, -0.2) is 4.98 Å². The molecule has 31 heavy (non-hydrogen) atoms. The molecule has 6 nitrogen and oxygen atoms in total. The summed E-state index contributed by atoms with van der Waals surface area (Å²) in [6.07, 6.45) is 4.67. The first-order valence-electron chi connectivity index (χ1n) is 10.4. The van der Waals surface area contributed by atoms with E-state index in [2.05, 4.69) is 17.2 Å². The Hall–Kier alpha value is -3.12. The molecule has 2 heterocycles. The normalized spacial score (nSPS) is 17.1. The van der Waals surface area contributed by atoms with Crippen LogP contribution in [0.3, 0.4) is 0 Å². The van der Waals surface area contributed by atoms with Gasteiger partial charge in [0, 0.05) is 43.1 Å². The molecule has 2 aromatic carbocycles. The van der Waals surface area contributed by atoms with Crippen LogP contribution in [0, 0.1) is 5.92 Å². The van der Waals surface area contributed by atoms with Gasteiger partial charge in [-0.05, 0) is 41.8 Å². The van der Waals surface area contributed by atoms with E-state index < -0.39 is 12.0 Å². The van der Waals surface area contributed by atoms with Crippen molar-refractivity contribution in [3.8, 4) is 0 Å². The molecule has 4 rings (SSSR count). The van der Waals surface area contributed by atoms with Crippen LogP contribution in [-0.2, 0) is 23.1 Å². The number of hydrogen-bond acceptors (Lipinski definition) is 3. The summed E-state index contributed by atoms with van der Waals surface area (Å²) in [5.74, 6) is 0.0915. The molecule has 1 aliphatic heterocycles. The fourth-order valence-corrected chi connectivity index (χ4v) is 4.04. The molecule has 0 saturated carbocycles. The molecule has 2 amide bonds. The fraction of sp³-hybridized carbons (Fsp3) is 0.292. The third-order valence-corrected chi connectivity index (χ3v) is 6.01. The molecular weight excluding hydrogens is 412 g/mol. The van der Waals surface area contributed by atoms with Crippen LogP contribution < -0.4 is 10.2 Å². The number of amides is 2. The molecule has 0 aliphatic carbocycles. The minimum Gasteiger partial charge on any atom is -0.342 e. The summed E-state index contributed by atoms with van der Waals surface area (Å²) >= 11 is 6.04. The first-order valence-corrected chi connectivity index (χ1v) is 10.8. The number of rotatable bonds is 6. The van der Waals surface area contributed by atoms with Gasteiger partial charge < -0.3 is 14.8 Å². The second-order valence-corrected chi connectivity index (χ2v) is 8.25. The van der Waals surface area contributed by atoms with E-state index in [1.54, 1.807) is 23.2 Å². The van der Waals surface area contributed by atoms with Crippen molar-refractivity contribution in [2.75, 3.05) is 11.4 Å². The molecule has 1 saturated heterocycles. The van der Waals surface area contributed by atoms with E-state index in [0.29, 0.717) is 17.4 Å². The molecule has 0 radical (unpaired) electrons. The van der Waals surface area contributed by atoms with Crippen molar-refractivity contribution in [2.45, 2.75) is 25.8 Å². The average Bonchev–Trinajstić information content (AvgIpc) is 3.38. The van der Waals surface area contributed by atoms with Gasteiger partial charge in [0.2, 0.25) is 11.8 Å². The maximum Gasteiger partial charge on any atom is 0.227 e. The lowest BCUT2D eigenvalue weighted by atomic mass is 10.0. The minimum atomic E-state index is -0.433. The maximum atomic E-state index is 13.2. The van der Waals surface area contributed by atoms with Gasteiger partial charge in [-0.3, -0.25) is 9.59 Å². The number of carbonyl (C=O) groups excluding carboxylic acids is 2. The first-order chi connectivity index (χ1) is 15.0. The van der Waals surface area contributed by atoms with E-state index in [-0.39, 0.29) is 18.2 Å². The maximum absolute atomic E-state index is 13.2. The summed E-state index contributed by atoms with van der Waals surface area (Å²) in [5.41, 5.74) is 2.92. The van der Waals surface area contributed by atoms with E-state index in [1.807, 2.05) is 54.2 Å². The van der Waals surface area contributed by atoms with Crippen LogP contribution in [0.15, 0.2) is 60.9 Å². The minimum absolute atomic E-state index is 0.0376. The van der Waals surface area contributed by atoms with Gasteiger partial charge in [0.05, 0.1) is 5.92 Å². The van der Waals surface area contributed by atoms with Gasteiger partial charge in [0.15, 0.2) is 0 Å². The van der Waals surface area contributed by atoms with E-state index in [0.717, 1.165) is 17.7 Å². The predicted octanol–water partition coefficient (Wildman–Crippen LogP) is 3.89. The number of hydrogen-bond donors (Lipinski definition) is 1. The van der Waals surface area contributed by atoms with Crippen LogP contribution in [0.25, 0.3) is 0 Å². The Balaban J connectivity index is 1.53. The Morgan fingerprint density at radius 3 is 2.52 bits per heavy atom. The number of carbonyl (C=O) groups is 2. The van der Waals surface area contributed by atoms with Crippen LogP contribution in [-0.4, -0.2) is 27.9 Å². The van der Waals surface area contributed by atoms with Crippen molar-refractivity contribution in [1.29, 1.82) is 0 Å². The molecule has 0 spiro atoms. The molecule has 1 fully saturated rings. The third-order valence-electron chi connectivity index (χ3n) is 5.76. The smallest absolute Gasteiger partial charge is 0.227 e. The largest absolute Gasteiger partial charge is 0.342 e. The molecule has 7 heteroatoms. The highest BCUT2D eigenvalue weighted by Crippen LogP contribution is 2.28. The van der Waals surface area contributed by atoms with Crippen molar-refractivity contribution in [1.82, 2.24) is 14.9 Å². The van der Waals surface area contributed by atoms with E-state index >= 15 is 0 Å². The summed E-state index contributed by atoms with van der Waals surface area (Å²) in [6, 6.07) is 14.8. The lowest BCUT2D eigenvalue weighted by Gasteiger charge is -2.22. The summed E-state index contributed by atoms with van der Waals surface area (Å²) in [6.45, 7) is 2.46. The zero-order chi connectivity index (χ0) is 22.0. The van der Waals surface area contributed by atoms with Crippen molar-refractivity contribution in [2.24, 2.45) is 13.0 Å². The number of benzene rings is 2. The molecule has 1 aromatic heterocycles. The molecule has 3 aromatic rings. The Bertz CT molecular complexity index is 1080. The van der Waals surface area contributed by atoms with Crippen LogP contribution in [0.2, 0.25) is 5.02 Å². The summed E-state index contributed by atoms with van der Waals surface area (Å²) < 4.78 is 1.88. The summed E-state index contributed by atoms with van der Waals surface area (Å²) in [4.78, 5) is 31.9. The number of nitrogens with one attached hydrogen (secondary N) is 1. The number of halogens is 1.